The van der Waals surface area contributed by atoms with Gasteiger partial charge in [0.2, 0.25) is 0 Å². The molecule has 0 unspecified atom stereocenters. The molecule has 1 aliphatic carbocycles. The minimum Gasteiger partial charge on any atom is -0.493 e. The highest BCUT2D eigenvalue weighted by Gasteiger charge is 2.30. The van der Waals surface area contributed by atoms with Crippen molar-refractivity contribution in [2.75, 3.05) is 14.2 Å². The van der Waals surface area contributed by atoms with Crippen LogP contribution in [0.5, 0.6) is 11.5 Å². The Balaban J connectivity index is 2.06. The molecule has 0 aromatic heterocycles. The largest absolute Gasteiger partial charge is 0.493 e. The number of benzene rings is 3. The lowest BCUT2D eigenvalue weighted by Gasteiger charge is -2.09. The second kappa shape index (κ2) is 4.60. The van der Waals surface area contributed by atoms with E-state index in [1.54, 1.807) is 20.3 Å². The number of carbonyl (C=O) groups excluding carboxylic acids is 1. The topological polar surface area (TPSA) is 35.5 Å². The van der Waals surface area contributed by atoms with E-state index in [0.29, 0.717) is 17.1 Å². The highest BCUT2D eigenvalue weighted by Crippen LogP contribution is 2.44. The molecule has 0 radical (unpaired) electrons. The van der Waals surface area contributed by atoms with Crippen molar-refractivity contribution in [3.8, 4) is 22.6 Å². The summed E-state index contributed by atoms with van der Waals surface area (Å²) in [5, 5.41) is 2.06. The van der Waals surface area contributed by atoms with E-state index >= 15 is 0 Å². The predicted octanol–water partition coefficient (Wildman–Crippen LogP) is 4.07. The summed E-state index contributed by atoms with van der Waals surface area (Å²) in [6.45, 7) is 0. The van der Waals surface area contributed by atoms with Crippen LogP contribution in [0.2, 0.25) is 0 Å². The number of hydrogen-bond acceptors (Lipinski definition) is 3. The monoisotopic (exact) mass is 290 g/mol. The summed E-state index contributed by atoms with van der Waals surface area (Å²) in [5.41, 5.74) is 3.30. The summed E-state index contributed by atoms with van der Waals surface area (Å²) in [6, 6.07) is 15.7. The molecule has 3 aromatic rings. The van der Waals surface area contributed by atoms with Gasteiger partial charge in [0.25, 0.3) is 0 Å². The SMILES string of the molecule is COc1cc2c(cc1OC)-c1ccc3ccccc3c1C2=O. The normalized spacial score (nSPS) is 12.2. The van der Waals surface area contributed by atoms with Gasteiger partial charge in [-0.15, -0.1) is 0 Å². The molecule has 3 aromatic carbocycles. The zero-order valence-corrected chi connectivity index (χ0v) is 12.3. The maximum atomic E-state index is 12.9. The van der Waals surface area contributed by atoms with E-state index in [2.05, 4.69) is 0 Å². The van der Waals surface area contributed by atoms with Gasteiger partial charge in [0.15, 0.2) is 17.3 Å². The van der Waals surface area contributed by atoms with Gasteiger partial charge in [-0.3, -0.25) is 4.79 Å². The highest BCUT2D eigenvalue weighted by atomic mass is 16.5. The van der Waals surface area contributed by atoms with Gasteiger partial charge in [-0.2, -0.15) is 0 Å². The first-order valence-electron chi connectivity index (χ1n) is 7.07. The summed E-state index contributed by atoms with van der Waals surface area (Å²) in [7, 11) is 3.18. The van der Waals surface area contributed by atoms with Gasteiger partial charge >= 0.3 is 0 Å². The first-order valence-corrected chi connectivity index (χ1v) is 7.07. The van der Waals surface area contributed by atoms with E-state index in [4.69, 9.17) is 9.47 Å². The van der Waals surface area contributed by atoms with Crippen LogP contribution in [0.3, 0.4) is 0 Å². The first kappa shape index (κ1) is 12.9. The van der Waals surface area contributed by atoms with Crippen LogP contribution in [0.15, 0.2) is 48.5 Å². The lowest BCUT2D eigenvalue weighted by atomic mass is 9.99. The maximum Gasteiger partial charge on any atom is 0.195 e. The lowest BCUT2D eigenvalue weighted by Crippen LogP contribution is -1.98. The maximum absolute atomic E-state index is 12.9. The number of ketones is 1. The predicted molar refractivity (Wildman–Crippen MR) is 85.9 cm³/mol. The fourth-order valence-electron chi connectivity index (χ4n) is 3.16. The minimum atomic E-state index is 0.0442. The third kappa shape index (κ3) is 1.59. The van der Waals surface area contributed by atoms with Crippen molar-refractivity contribution in [1.82, 2.24) is 0 Å². The van der Waals surface area contributed by atoms with E-state index in [1.807, 2.05) is 42.5 Å². The summed E-state index contributed by atoms with van der Waals surface area (Å²) in [6.07, 6.45) is 0. The summed E-state index contributed by atoms with van der Waals surface area (Å²) < 4.78 is 10.7. The van der Waals surface area contributed by atoms with Crippen LogP contribution in [-0.4, -0.2) is 20.0 Å². The summed E-state index contributed by atoms with van der Waals surface area (Å²) in [5.74, 6) is 1.25. The Morgan fingerprint density at radius 2 is 1.45 bits per heavy atom. The van der Waals surface area contributed by atoms with Crippen LogP contribution in [0.4, 0.5) is 0 Å². The van der Waals surface area contributed by atoms with Gasteiger partial charge in [-0.05, 0) is 34.0 Å². The molecule has 0 saturated carbocycles. The van der Waals surface area contributed by atoms with Gasteiger partial charge < -0.3 is 9.47 Å². The molecule has 4 rings (SSSR count). The van der Waals surface area contributed by atoms with Crippen molar-refractivity contribution in [3.63, 3.8) is 0 Å². The van der Waals surface area contributed by atoms with Gasteiger partial charge in [0, 0.05) is 11.1 Å². The van der Waals surface area contributed by atoms with Gasteiger partial charge in [0.1, 0.15) is 0 Å². The van der Waals surface area contributed by atoms with Crippen LogP contribution < -0.4 is 9.47 Å². The summed E-state index contributed by atoms with van der Waals surface area (Å²) in [4.78, 5) is 12.9. The number of methoxy groups -OCH3 is 2. The molecule has 1 aliphatic rings. The van der Waals surface area contributed by atoms with Crippen molar-refractivity contribution in [2.45, 2.75) is 0 Å². The Hall–Kier alpha value is -2.81. The molecule has 3 nitrogen and oxygen atoms in total. The molecular formula is C19H14O3. The Kier molecular flexibility index (Phi) is 2.70. The van der Waals surface area contributed by atoms with Crippen LogP contribution in [0.1, 0.15) is 15.9 Å². The Morgan fingerprint density at radius 1 is 0.773 bits per heavy atom. The van der Waals surface area contributed by atoms with Gasteiger partial charge in [-0.1, -0.05) is 36.4 Å². The van der Waals surface area contributed by atoms with Gasteiger partial charge in [0.05, 0.1) is 14.2 Å². The second-order valence-electron chi connectivity index (χ2n) is 5.29. The number of rotatable bonds is 2. The smallest absolute Gasteiger partial charge is 0.195 e. The third-order valence-corrected chi connectivity index (χ3v) is 4.21. The molecular weight excluding hydrogens is 276 g/mol. The average Bonchev–Trinajstić information content (AvgIpc) is 2.86. The van der Waals surface area contributed by atoms with Crippen LogP contribution in [-0.2, 0) is 0 Å². The van der Waals surface area contributed by atoms with Crippen molar-refractivity contribution < 1.29 is 14.3 Å². The van der Waals surface area contributed by atoms with Crippen molar-refractivity contribution >= 4 is 16.6 Å². The zero-order chi connectivity index (χ0) is 15.3. The number of carbonyl (C=O) groups is 1. The lowest BCUT2D eigenvalue weighted by molar-refractivity contribution is 0.104. The fourth-order valence-corrected chi connectivity index (χ4v) is 3.16. The van der Waals surface area contributed by atoms with E-state index in [0.717, 1.165) is 27.5 Å². The molecule has 108 valence electrons. The van der Waals surface area contributed by atoms with E-state index < -0.39 is 0 Å². The highest BCUT2D eigenvalue weighted by molar-refractivity contribution is 6.27. The Bertz CT molecular complexity index is 925. The molecule has 0 spiro atoms. The minimum absolute atomic E-state index is 0.0442. The van der Waals surface area contributed by atoms with E-state index in [1.165, 1.54) is 0 Å². The fraction of sp³-hybridized carbons (Fsp3) is 0.105. The van der Waals surface area contributed by atoms with Crippen LogP contribution >= 0.6 is 0 Å². The molecule has 0 N–H and O–H groups in total. The number of hydrogen-bond donors (Lipinski definition) is 0. The number of fused-ring (bicyclic) bond motifs is 5. The molecule has 0 heterocycles. The number of ether oxygens (including phenoxy) is 2. The molecule has 0 atom stereocenters. The molecule has 3 heteroatoms. The van der Waals surface area contributed by atoms with Crippen molar-refractivity contribution in [2.24, 2.45) is 0 Å². The average molecular weight is 290 g/mol. The molecule has 0 amide bonds. The standard InChI is InChI=1S/C19H14O3/c1-21-16-9-14-13-8-7-11-5-3-4-6-12(11)18(13)19(20)15(14)10-17(16)22-2/h3-10H,1-2H3. The van der Waals surface area contributed by atoms with Crippen molar-refractivity contribution in [3.05, 3.63) is 59.7 Å². The van der Waals surface area contributed by atoms with Crippen molar-refractivity contribution in [1.29, 1.82) is 0 Å². The first-order chi connectivity index (χ1) is 10.7. The Labute approximate surface area is 128 Å². The van der Waals surface area contributed by atoms with Gasteiger partial charge in [-0.25, -0.2) is 0 Å². The van der Waals surface area contributed by atoms with Crippen LogP contribution in [0.25, 0.3) is 21.9 Å². The van der Waals surface area contributed by atoms with Crippen LogP contribution in [0, 0.1) is 0 Å². The summed E-state index contributed by atoms with van der Waals surface area (Å²) >= 11 is 0. The molecule has 22 heavy (non-hydrogen) atoms. The second-order valence-corrected chi connectivity index (χ2v) is 5.29. The van der Waals surface area contributed by atoms with E-state index in [9.17, 15) is 4.79 Å². The molecule has 0 aliphatic heterocycles. The van der Waals surface area contributed by atoms with E-state index in [-0.39, 0.29) is 5.78 Å². The Morgan fingerprint density at radius 3 is 2.18 bits per heavy atom. The molecule has 0 bridgehead atoms. The third-order valence-electron chi connectivity index (χ3n) is 4.21. The zero-order valence-electron chi connectivity index (χ0n) is 12.3. The quantitative estimate of drug-likeness (QED) is 0.558. The molecule has 0 saturated heterocycles. The molecule has 0 fully saturated rings.